The molecule has 1 unspecified atom stereocenters. The predicted octanol–water partition coefficient (Wildman–Crippen LogP) is 5.41. The first-order valence-electron chi connectivity index (χ1n) is 11.3. The van der Waals surface area contributed by atoms with E-state index in [9.17, 15) is 22.0 Å². The van der Waals surface area contributed by atoms with Gasteiger partial charge in [0.1, 0.15) is 11.6 Å². The summed E-state index contributed by atoms with van der Waals surface area (Å²) in [7, 11) is -3.33. The molecule has 3 rings (SSSR count). The molecule has 2 aromatic rings. The first-order valence-corrected chi connectivity index (χ1v) is 14.1. The fourth-order valence-electron chi connectivity index (χ4n) is 4.56. The molecule has 0 bridgehead atoms. The lowest BCUT2D eigenvalue weighted by Gasteiger charge is -2.36. The molecule has 2 atom stereocenters. The van der Waals surface area contributed by atoms with Gasteiger partial charge in [-0.05, 0) is 74.2 Å². The molecule has 0 aromatic heterocycles. The van der Waals surface area contributed by atoms with Crippen LogP contribution in [-0.2, 0) is 14.6 Å². The normalized spacial score (nSPS) is 18.2. The maximum atomic E-state index is 14.0. The van der Waals surface area contributed by atoms with Crippen LogP contribution in [0, 0.1) is 11.6 Å². The van der Waals surface area contributed by atoms with E-state index in [1.165, 1.54) is 23.9 Å². The van der Waals surface area contributed by atoms with Crippen LogP contribution in [-0.4, -0.2) is 49.6 Å². The molecule has 0 amide bonds. The SMILES string of the molecule is CC(=O)SCCC1CCCCN1CC[C@H](c1ccc(S(C)(=O)=O)cc1)c1cc(F)cc(F)c1. The zero-order valence-electron chi connectivity index (χ0n) is 19.1. The third-order valence-corrected chi connectivity index (χ3v) is 8.18. The van der Waals surface area contributed by atoms with Crippen molar-refractivity contribution >= 4 is 26.7 Å². The van der Waals surface area contributed by atoms with E-state index in [0.29, 0.717) is 18.0 Å². The highest BCUT2D eigenvalue weighted by Gasteiger charge is 2.25. The highest BCUT2D eigenvalue weighted by atomic mass is 32.2. The second kappa shape index (κ2) is 11.6. The Morgan fingerprint density at radius 2 is 1.76 bits per heavy atom. The van der Waals surface area contributed by atoms with Crippen molar-refractivity contribution in [2.75, 3.05) is 25.1 Å². The van der Waals surface area contributed by atoms with Crippen molar-refractivity contribution < 1.29 is 22.0 Å². The number of halogens is 2. The average Bonchev–Trinajstić information content (AvgIpc) is 2.74. The topological polar surface area (TPSA) is 54.5 Å². The molecule has 1 fully saturated rings. The summed E-state index contributed by atoms with van der Waals surface area (Å²) < 4.78 is 51.7. The molecular weight excluding hydrogens is 464 g/mol. The third-order valence-electron chi connectivity index (χ3n) is 6.21. The number of carbonyl (C=O) groups is 1. The fraction of sp³-hybridized carbons (Fsp3) is 0.480. The summed E-state index contributed by atoms with van der Waals surface area (Å²) in [6.07, 6.45) is 6.10. The fourth-order valence-corrected chi connectivity index (χ4v) is 5.87. The monoisotopic (exact) mass is 495 g/mol. The van der Waals surface area contributed by atoms with E-state index in [1.807, 2.05) is 0 Å². The number of piperidine rings is 1. The largest absolute Gasteiger partial charge is 0.300 e. The van der Waals surface area contributed by atoms with Gasteiger partial charge in [-0.2, -0.15) is 0 Å². The second-order valence-corrected chi connectivity index (χ2v) is 12.0. The molecule has 4 nitrogen and oxygen atoms in total. The van der Waals surface area contributed by atoms with Crippen molar-refractivity contribution in [3.63, 3.8) is 0 Å². The molecule has 2 aromatic carbocycles. The zero-order chi connectivity index (χ0) is 24.0. The molecule has 1 aliphatic heterocycles. The number of sulfone groups is 1. The summed E-state index contributed by atoms with van der Waals surface area (Å²) in [5.74, 6) is -0.722. The van der Waals surface area contributed by atoms with Gasteiger partial charge in [-0.15, -0.1) is 0 Å². The highest BCUT2D eigenvalue weighted by molar-refractivity contribution is 8.13. The van der Waals surface area contributed by atoms with Crippen LogP contribution in [0.3, 0.4) is 0 Å². The van der Waals surface area contributed by atoms with Gasteiger partial charge < -0.3 is 4.90 Å². The van der Waals surface area contributed by atoms with Crippen LogP contribution in [0.15, 0.2) is 47.4 Å². The van der Waals surface area contributed by atoms with E-state index in [2.05, 4.69) is 4.90 Å². The number of rotatable bonds is 9. The van der Waals surface area contributed by atoms with Gasteiger partial charge in [0.05, 0.1) is 4.90 Å². The van der Waals surface area contributed by atoms with Crippen molar-refractivity contribution in [1.29, 1.82) is 0 Å². The third kappa shape index (κ3) is 7.62. The Bertz CT molecular complexity index is 1040. The van der Waals surface area contributed by atoms with Crippen molar-refractivity contribution in [3.05, 3.63) is 65.2 Å². The zero-order valence-corrected chi connectivity index (χ0v) is 20.7. The Morgan fingerprint density at radius 3 is 2.36 bits per heavy atom. The maximum absolute atomic E-state index is 14.0. The first kappa shape index (κ1) is 25.8. The van der Waals surface area contributed by atoms with Crippen LogP contribution in [0.2, 0.25) is 0 Å². The minimum absolute atomic E-state index is 0.128. The van der Waals surface area contributed by atoms with Gasteiger partial charge in [0.15, 0.2) is 15.0 Å². The van der Waals surface area contributed by atoms with Gasteiger partial charge in [0, 0.05) is 37.0 Å². The summed E-state index contributed by atoms with van der Waals surface area (Å²) in [6, 6.07) is 10.5. The smallest absolute Gasteiger partial charge is 0.185 e. The average molecular weight is 496 g/mol. The van der Waals surface area contributed by atoms with Crippen LogP contribution in [0.5, 0.6) is 0 Å². The van der Waals surface area contributed by atoms with Crippen LogP contribution in [0.1, 0.15) is 56.1 Å². The van der Waals surface area contributed by atoms with E-state index in [-0.39, 0.29) is 15.9 Å². The lowest BCUT2D eigenvalue weighted by atomic mass is 9.87. The first-order chi connectivity index (χ1) is 15.6. The van der Waals surface area contributed by atoms with Gasteiger partial charge in [0.2, 0.25) is 0 Å². The van der Waals surface area contributed by atoms with Crippen LogP contribution < -0.4 is 0 Å². The number of nitrogens with zero attached hydrogens (tertiary/aromatic N) is 1. The summed E-state index contributed by atoms with van der Waals surface area (Å²) in [5, 5.41) is 0.128. The molecule has 0 radical (unpaired) electrons. The molecule has 0 N–H and O–H groups in total. The van der Waals surface area contributed by atoms with Gasteiger partial charge in [-0.1, -0.05) is 30.3 Å². The highest BCUT2D eigenvalue weighted by Crippen LogP contribution is 2.32. The van der Waals surface area contributed by atoms with Crippen LogP contribution in [0.25, 0.3) is 0 Å². The molecule has 1 aliphatic rings. The van der Waals surface area contributed by atoms with Crippen LogP contribution >= 0.6 is 11.8 Å². The molecular formula is C25H31F2NO3S2. The van der Waals surface area contributed by atoms with Crippen LogP contribution in [0.4, 0.5) is 8.78 Å². The maximum Gasteiger partial charge on any atom is 0.185 e. The number of carbonyl (C=O) groups excluding carboxylic acids is 1. The van der Waals surface area contributed by atoms with E-state index in [4.69, 9.17) is 0 Å². The number of likely N-dealkylation sites (tertiary alicyclic amines) is 1. The molecule has 0 aliphatic carbocycles. The molecule has 1 heterocycles. The van der Waals surface area contributed by atoms with Crippen molar-refractivity contribution in [1.82, 2.24) is 4.90 Å². The number of hydrogen-bond acceptors (Lipinski definition) is 5. The molecule has 0 saturated carbocycles. The van der Waals surface area contributed by atoms with E-state index in [1.54, 1.807) is 31.2 Å². The lowest BCUT2D eigenvalue weighted by molar-refractivity contribution is -0.109. The summed E-state index contributed by atoms with van der Waals surface area (Å²) >= 11 is 1.35. The lowest BCUT2D eigenvalue weighted by Crippen LogP contribution is -2.40. The van der Waals surface area contributed by atoms with Crippen molar-refractivity contribution in [2.45, 2.75) is 55.9 Å². The Labute approximate surface area is 199 Å². The summed E-state index contributed by atoms with van der Waals surface area (Å²) in [6.45, 7) is 3.31. The van der Waals surface area contributed by atoms with E-state index in [0.717, 1.165) is 62.4 Å². The Hall–Kier alpha value is -1.77. The molecule has 1 saturated heterocycles. The molecule has 8 heteroatoms. The predicted molar refractivity (Wildman–Crippen MR) is 129 cm³/mol. The summed E-state index contributed by atoms with van der Waals surface area (Å²) in [5.41, 5.74) is 1.37. The number of thioether (sulfide) groups is 1. The number of hydrogen-bond donors (Lipinski definition) is 0. The molecule has 180 valence electrons. The van der Waals surface area contributed by atoms with Gasteiger partial charge >= 0.3 is 0 Å². The molecule has 33 heavy (non-hydrogen) atoms. The standard InChI is InChI=1S/C25H31F2NO3S2/c1-18(29)32-14-11-23-5-3-4-12-28(23)13-10-25(20-15-21(26)17-22(27)16-20)19-6-8-24(9-7-19)33(2,30)31/h6-9,15-17,23,25H,3-5,10-14H2,1-2H3/t23?,25-/m1/s1. The van der Waals surface area contributed by atoms with E-state index >= 15 is 0 Å². The Morgan fingerprint density at radius 1 is 1.09 bits per heavy atom. The Balaban J connectivity index is 1.81. The van der Waals surface area contributed by atoms with Gasteiger partial charge in [-0.25, -0.2) is 17.2 Å². The Kier molecular flexibility index (Phi) is 9.07. The minimum Gasteiger partial charge on any atom is -0.300 e. The summed E-state index contributed by atoms with van der Waals surface area (Å²) in [4.78, 5) is 13.9. The van der Waals surface area contributed by atoms with Crippen molar-refractivity contribution in [3.8, 4) is 0 Å². The van der Waals surface area contributed by atoms with Gasteiger partial charge in [0.25, 0.3) is 0 Å². The molecule has 0 spiro atoms. The van der Waals surface area contributed by atoms with Gasteiger partial charge in [-0.3, -0.25) is 4.79 Å². The quantitative estimate of drug-likeness (QED) is 0.465. The minimum atomic E-state index is -3.33. The number of benzene rings is 2. The second-order valence-electron chi connectivity index (χ2n) is 8.70. The van der Waals surface area contributed by atoms with E-state index < -0.39 is 21.5 Å². The van der Waals surface area contributed by atoms with Crippen molar-refractivity contribution in [2.24, 2.45) is 0 Å².